The van der Waals surface area contributed by atoms with E-state index in [1.54, 1.807) is 6.92 Å². The van der Waals surface area contributed by atoms with Crippen LogP contribution in [0, 0.1) is 0 Å². The van der Waals surface area contributed by atoms with E-state index in [1.807, 2.05) is 0 Å². The van der Waals surface area contributed by atoms with Gasteiger partial charge >= 0.3 is 51.4 Å². The van der Waals surface area contributed by atoms with Crippen molar-refractivity contribution in [2.45, 2.75) is 6.92 Å². The Morgan fingerprint density at radius 3 is 2.07 bits per heavy atom. The Hall–Kier alpha value is 2.08. The summed E-state index contributed by atoms with van der Waals surface area (Å²) < 4.78 is 29.2. The maximum absolute atomic E-state index is 11.6. The number of rotatable bonds is 5. The summed E-state index contributed by atoms with van der Waals surface area (Å²) >= 11 is 4.59. The number of hydrogen-bond acceptors (Lipinski definition) is 5. The third-order valence-corrected chi connectivity index (χ3v) is 6.92. The van der Waals surface area contributed by atoms with Crippen LogP contribution in [0.4, 0.5) is 0 Å². The zero-order chi connectivity index (χ0) is 11.6. The van der Waals surface area contributed by atoms with E-state index in [1.165, 1.54) is 14.1 Å². The van der Waals surface area contributed by atoms with Crippen molar-refractivity contribution in [2.24, 2.45) is 0 Å². The molecule has 0 heterocycles. The first-order valence-electron chi connectivity index (χ1n) is 3.78. The van der Waals surface area contributed by atoms with Crippen molar-refractivity contribution in [2.75, 3.05) is 27.7 Å². The zero-order valence-corrected chi connectivity index (χ0v) is 15.1. The summed E-state index contributed by atoms with van der Waals surface area (Å²) in [5.41, 5.74) is 0. The van der Waals surface area contributed by atoms with Crippen molar-refractivity contribution >= 4 is 28.7 Å². The fourth-order valence-corrected chi connectivity index (χ4v) is 4.23. The fraction of sp³-hybridized carbons (Fsp3) is 1.00. The molecule has 0 aromatic rings. The second-order valence-corrected chi connectivity index (χ2v) is 8.23. The first-order chi connectivity index (χ1) is 6.16. The van der Waals surface area contributed by atoms with E-state index < -0.39 is 16.9 Å². The van der Waals surface area contributed by atoms with Gasteiger partial charge in [0.1, 0.15) is 0 Å². The largest absolute Gasteiger partial charge is 1.00 e. The van der Waals surface area contributed by atoms with Gasteiger partial charge in [-0.1, -0.05) is 11.8 Å². The molecule has 0 saturated carbocycles. The summed E-state index contributed by atoms with van der Waals surface area (Å²) in [6, 6.07) is 0. The minimum absolute atomic E-state index is 0. The Balaban J connectivity index is 0. The van der Waals surface area contributed by atoms with Crippen LogP contribution in [-0.4, -0.2) is 44.5 Å². The van der Waals surface area contributed by atoms with E-state index >= 15 is 0 Å². The van der Waals surface area contributed by atoms with Gasteiger partial charge in [0.2, 0.25) is 0 Å². The third kappa shape index (κ3) is 5.50. The van der Waals surface area contributed by atoms with E-state index in [4.69, 9.17) is 4.52 Å². The van der Waals surface area contributed by atoms with Crippen LogP contribution < -0.4 is 56.3 Å². The van der Waals surface area contributed by atoms with Gasteiger partial charge in [-0.25, -0.2) is 0 Å². The Kier molecular flexibility index (Phi) is 9.71. The summed E-state index contributed by atoms with van der Waals surface area (Å²) in [4.78, 5) is 11.6. The van der Waals surface area contributed by atoms with Crippen LogP contribution in [0.15, 0.2) is 0 Å². The second-order valence-electron chi connectivity index (χ2n) is 2.61. The number of nitrogens with zero attached hydrogens (tertiary/aromatic N) is 2. The summed E-state index contributed by atoms with van der Waals surface area (Å²) in [5.74, 6) is 0. The molecular weight excluding hydrogens is 286 g/mol. The van der Waals surface area contributed by atoms with Gasteiger partial charge in [0.25, 0.3) is 10.2 Å². The molecule has 0 amide bonds. The molecule has 0 N–H and O–H groups in total. The molecule has 0 aliphatic heterocycles. The van der Waals surface area contributed by atoms with Crippen molar-refractivity contribution in [1.29, 1.82) is 0 Å². The Morgan fingerprint density at radius 2 is 1.80 bits per heavy atom. The van der Waals surface area contributed by atoms with Gasteiger partial charge in [-0.15, -0.1) is 0 Å². The van der Waals surface area contributed by atoms with Crippen LogP contribution in [0.1, 0.15) is 6.92 Å². The second kappa shape index (κ2) is 7.50. The van der Waals surface area contributed by atoms with Crippen LogP contribution in [0.3, 0.4) is 0 Å². The van der Waals surface area contributed by atoms with Gasteiger partial charge in [0.05, 0.1) is 6.64 Å². The van der Waals surface area contributed by atoms with Gasteiger partial charge in [0.15, 0.2) is 0 Å². The molecule has 0 saturated heterocycles. The molecule has 86 valence electrons. The van der Waals surface area contributed by atoms with Crippen LogP contribution in [-0.2, 0) is 26.5 Å². The summed E-state index contributed by atoms with van der Waals surface area (Å²) in [7, 11) is 0.00827. The summed E-state index contributed by atoms with van der Waals surface area (Å²) in [5, 5.41) is 0. The normalized spacial score (nSPS) is 16.2. The SMILES string of the molecule is CCOP([O-])(=S)N(C)S(=O)(=O)N(C)C.[K+]. The Bertz CT molecular complexity index is 334. The number of hydrogen-bond donors (Lipinski definition) is 0. The predicted octanol–water partition coefficient (Wildman–Crippen LogP) is -3.65. The van der Waals surface area contributed by atoms with Crippen LogP contribution in [0.5, 0.6) is 0 Å². The maximum atomic E-state index is 11.6. The van der Waals surface area contributed by atoms with E-state index in [2.05, 4.69) is 11.8 Å². The Morgan fingerprint density at radius 1 is 1.40 bits per heavy atom. The molecule has 1 unspecified atom stereocenters. The van der Waals surface area contributed by atoms with Gasteiger partial charge in [-0.2, -0.15) is 16.8 Å². The molecule has 1 atom stereocenters. The van der Waals surface area contributed by atoms with E-state index in [9.17, 15) is 13.3 Å². The molecular formula is C5H14KN2O4PS2. The summed E-state index contributed by atoms with van der Waals surface area (Å²) in [6.45, 7) is -1.97. The van der Waals surface area contributed by atoms with Crippen molar-refractivity contribution in [3.05, 3.63) is 0 Å². The minimum Gasteiger partial charge on any atom is -0.789 e. The predicted molar refractivity (Wildman–Crippen MR) is 56.3 cm³/mol. The quantitative estimate of drug-likeness (QED) is 0.387. The molecule has 0 fully saturated rings. The van der Waals surface area contributed by atoms with Gasteiger partial charge in [0, 0.05) is 27.7 Å². The minimum atomic E-state index is -3.78. The molecule has 0 bridgehead atoms. The monoisotopic (exact) mass is 300 g/mol. The average Bonchev–Trinajstić information content (AvgIpc) is 2.02. The van der Waals surface area contributed by atoms with E-state index in [0.717, 1.165) is 11.4 Å². The average molecular weight is 300 g/mol. The van der Waals surface area contributed by atoms with Gasteiger partial charge in [-0.3, -0.25) is 0 Å². The molecule has 10 heteroatoms. The van der Waals surface area contributed by atoms with E-state index in [-0.39, 0.29) is 58.0 Å². The van der Waals surface area contributed by atoms with Crippen molar-refractivity contribution in [1.82, 2.24) is 8.38 Å². The standard InChI is InChI=1S/C5H15N2O4PS2.K/c1-5-11-12(8,13)7(4)14(9,10)6(2)3;/h5H2,1-4H3,(H,8,13);/q;+1/p-1. The van der Waals surface area contributed by atoms with Crippen LogP contribution in [0.2, 0.25) is 0 Å². The summed E-state index contributed by atoms with van der Waals surface area (Å²) in [6.07, 6.45) is 0. The third-order valence-electron chi connectivity index (χ3n) is 1.43. The topological polar surface area (TPSA) is 72.9 Å². The molecule has 0 aromatic heterocycles. The van der Waals surface area contributed by atoms with Crippen molar-refractivity contribution < 1.29 is 69.2 Å². The van der Waals surface area contributed by atoms with Crippen molar-refractivity contribution in [3.63, 3.8) is 0 Å². The molecule has 0 rings (SSSR count). The molecule has 0 aliphatic rings. The molecule has 0 aromatic carbocycles. The first kappa shape index (κ1) is 19.4. The molecule has 15 heavy (non-hydrogen) atoms. The fourth-order valence-electron chi connectivity index (χ4n) is 0.607. The van der Waals surface area contributed by atoms with Gasteiger partial charge < -0.3 is 9.42 Å². The Labute approximate surface area is 139 Å². The zero-order valence-electron chi connectivity index (χ0n) is 9.50. The molecule has 6 nitrogen and oxygen atoms in total. The molecule has 0 aliphatic carbocycles. The first-order valence-corrected chi connectivity index (χ1v) is 7.77. The van der Waals surface area contributed by atoms with E-state index in [0.29, 0.717) is 4.08 Å². The van der Waals surface area contributed by atoms with Crippen molar-refractivity contribution in [3.8, 4) is 0 Å². The molecule has 0 spiro atoms. The molecule has 0 radical (unpaired) electrons. The van der Waals surface area contributed by atoms with Gasteiger partial charge in [-0.05, 0) is 6.92 Å². The smallest absolute Gasteiger partial charge is 0.789 e. The maximum Gasteiger partial charge on any atom is 1.00 e. The van der Waals surface area contributed by atoms with Crippen LogP contribution in [0.25, 0.3) is 0 Å². The van der Waals surface area contributed by atoms with Crippen LogP contribution >= 0.6 is 6.64 Å².